The Morgan fingerprint density at radius 3 is 2.71 bits per heavy atom. The zero-order chi connectivity index (χ0) is 19.0. The molecule has 1 atom stereocenters. The number of piperidine rings is 1. The van der Waals surface area contributed by atoms with Gasteiger partial charge >= 0.3 is 0 Å². The average Bonchev–Trinajstić information content (AvgIpc) is 3.46. The third-order valence-corrected chi connectivity index (χ3v) is 7.24. The fourth-order valence-corrected chi connectivity index (χ4v) is 5.54. The van der Waals surface area contributed by atoms with Crippen LogP contribution in [-0.2, 0) is 6.54 Å². The predicted octanol–water partition coefficient (Wildman–Crippen LogP) is 4.46. The maximum atomic E-state index is 5.57. The molecule has 2 saturated heterocycles. The summed E-state index contributed by atoms with van der Waals surface area (Å²) in [6.07, 6.45) is 3.63. The number of likely N-dealkylation sites (tertiary alicyclic amines) is 2. The highest BCUT2D eigenvalue weighted by Gasteiger charge is 2.46. The van der Waals surface area contributed by atoms with E-state index in [0.717, 1.165) is 30.9 Å². The highest BCUT2D eigenvalue weighted by Crippen LogP contribution is 2.48. The summed E-state index contributed by atoms with van der Waals surface area (Å²) in [5.74, 6) is 1.45. The van der Waals surface area contributed by atoms with Crippen molar-refractivity contribution in [2.45, 2.75) is 31.8 Å². The molecule has 146 valence electrons. The number of aromatic nitrogens is 2. The summed E-state index contributed by atoms with van der Waals surface area (Å²) >= 11 is 1.86. The number of hydrogen-bond acceptors (Lipinski definition) is 6. The fraction of sp³-hybridized carbons (Fsp3) is 0.455. The first-order valence-corrected chi connectivity index (χ1v) is 10.9. The lowest BCUT2D eigenvalue weighted by Gasteiger charge is -2.39. The van der Waals surface area contributed by atoms with Crippen molar-refractivity contribution < 1.29 is 4.52 Å². The van der Waals surface area contributed by atoms with Gasteiger partial charge in [-0.3, -0.25) is 9.80 Å². The molecule has 2 fully saturated rings. The van der Waals surface area contributed by atoms with Crippen LogP contribution in [-0.4, -0.2) is 46.6 Å². The molecule has 0 radical (unpaired) electrons. The fourth-order valence-electron chi connectivity index (χ4n) is 4.80. The lowest BCUT2D eigenvalue weighted by atomic mass is 9.76. The van der Waals surface area contributed by atoms with E-state index in [4.69, 9.17) is 9.51 Å². The number of hydrogen-bond donors (Lipinski definition) is 0. The zero-order valence-electron chi connectivity index (χ0n) is 16.3. The Morgan fingerprint density at radius 1 is 1.14 bits per heavy atom. The number of nitrogens with zero attached hydrogens (tertiary/aromatic N) is 4. The Kier molecular flexibility index (Phi) is 4.78. The quantitative estimate of drug-likeness (QED) is 0.654. The second-order valence-corrected chi connectivity index (χ2v) is 9.35. The third-order valence-electron chi connectivity index (χ3n) is 6.38. The highest BCUT2D eigenvalue weighted by atomic mass is 32.1. The van der Waals surface area contributed by atoms with Gasteiger partial charge in [-0.2, -0.15) is 4.98 Å². The second-order valence-electron chi connectivity index (χ2n) is 8.31. The number of thiophene rings is 1. The number of rotatable bonds is 4. The van der Waals surface area contributed by atoms with Crippen LogP contribution < -0.4 is 0 Å². The van der Waals surface area contributed by atoms with Crippen LogP contribution in [0.1, 0.15) is 36.0 Å². The maximum Gasteiger partial charge on any atom is 0.257 e. The molecule has 28 heavy (non-hydrogen) atoms. The second kappa shape index (κ2) is 7.43. The molecule has 1 unspecified atom stereocenters. The van der Waals surface area contributed by atoms with Gasteiger partial charge in [-0.15, -0.1) is 11.3 Å². The van der Waals surface area contributed by atoms with E-state index in [-0.39, 0.29) is 6.04 Å². The smallest absolute Gasteiger partial charge is 0.257 e. The molecule has 2 aliphatic heterocycles. The van der Waals surface area contributed by atoms with Gasteiger partial charge in [0.2, 0.25) is 0 Å². The summed E-state index contributed by atoms with van der Waals surface area (Å²) < 4.78 is 5.57. The van der Waals surface area contributed by atoms with Crippen LogP contribution in [0.3, 0.4) is 0 Å². The molecule has 2 aliphatic rings. The molecule has 0 amide bonds. The van der Waals surface area contributed by atoms with Crippen LogP contribution in [0.25, 0.3) is 11.5 Å². The van der Waals surface area contributed by atoms with Gasteiger partial charge in [0.1, 0.15) is 0 Å². The van der Waals surface area contributed by atoms with Crippen molar-refractivity contribution in [2.24, 2.45) is 5.41 Å². The van der Waals surface area contributed by atoms with Gasteiger partial charge in [0.25, 0.3) is 5.89 Å². The van der Waals surface area contributed by atoms with Gasteiger partial charge in [-0.05, 0) is 68.4 Å². The molecule has 4 heterocycles. The molecule has 1 aromatic carbocycles. The van der Waals surface area contributed by atoms with E-state index in [2.05, 4.69) is 39.5 Å². The zero-order valence-corrected chi connectivity index (χ0v) is 17.1. The van der Waals surface area contributed by atoms with Crippen LogP contribution in [0.2, 0.25) is 0 Å². The summed E-state index contributed by atoms with van der Waals surface area (Å²) in [5.41, 5.74) is 1.37. The van der Waals surface area contributed by atoms with Gasteiger partial charge < -0.3 is 4.52 Å². The monoisotopic (exact) mass is 394 g/mol. The highest BCUT2D eigenvalue weighted by molar-refractivity contribution is 7.09. The van der Waals surface area contributed by atoms with E-state index in [1.807, 2.05) is 41.7 Å². The van der Waals surface area contributed by atoms with Crippen LogP contribution in [0.15, 0.2) is 52.4 Å². The normalized spacial score (nSPS) is 22.8. The molecule has 1 spiro atoms. The first kappa shape index (κ1) is 18.0. The Hall–Kier alpha value is -2.02. The Morgan fingerprint density at radius 2 is 1.96 bits per heavy atom. The Bertz CT molecular complexity index is 900. The average molecular weight is 395 g/mol. The lowest BCUT2D eigenvalue weighted by Crippen LogP contribution is -2.40. The van der Waals surface area contributed by atoms with Crippen molar-refractivity contribution in [2.75, 3.05) is 26.7 Å². The molecular formula is C22H26N4OS. The first-order chi connectivity index (χ1) is 13.7. The van der Waals surface area contributed by atoms with E-state index in [0.29, 0.717) is 11.3 Å². The van der Waals surface area contributed by atoms with Crippen LogP contribution in [0.5, 0.6) is 0 Å². The molecule has 0 bridgehead atoms. The van der Waals surface area contributed by atoms with E-state index < -0.39 is 0 Å². The minimum Gasteiger partial charge on any atom is -0.334 e. The molecule has 5 nitrogen and oxygen atoms in total. The molecule has 0 N–H and O–H groups in total. The molecule has 0 saturated carbocycles. The molecule has 6 heteroatoms. The Balaban J connectivity index is 1.25. The first-order valence-electron chi connectivity index (χ1n) is 10.0. The van der Waals surface area contributed by atoms with Gasteiger partial charge in [-0.1, -0.05) is 29.4 Å². The van der Waals surface area contributed by atoms with Crippen molar-refractivity contribution in [1.82, 2.24) is 19.9 Å². The summed E-state index contributed by atoms with van der Waals surface area (Å²) in [6, 6.07) is 14.7. The molecule has 0 aliphatic carbocycles. The molecule has 5 rings (SSSR count). The Labute approximate surface area is 170 Å². The van der Waals surface area contributed by atoms with Gasteiger partial charge in [-0.25, -0.2) is 0 Å². The maximum absolute atomic E-state index is 5.57. The molecular weight excluding hydrogens is 368 g/mol. The summed E-state index contributed by atoms with van der Waals surface area (Å²) in [6.45, 7) is 4.58. The van der Waals surface area contributed by atoms with Crippen LogP contribution in [0, 0.1) is 5.41 Å². The van der Waals surface area contributed by atoms with Crippen LogP contribution >= 0.6 is 11.3 Å². The summed E-state index contributed by atoms with van der Waals surface area (Å²) in [5, 5.41) is 6.50. The molecule has 3 aromatic rings. The largest absolute Gasteiger partial charge is 0.334 e. The SMILES string of the molecule is CN1CC2(CCN(Cc3cccs3)CC2)CC1c1noc(-c2ccccc2)n1. The topological polar surface area (TPSA) is 45.4 Å². The van der Waals surface area contributed by atoms with E-state index in [9.17, 15) is 0 Å². The van der Waals surface area contributed by atoms with Gasteiger partial charge in [0.15, 0.2) is 5.82 Å². The number of benzene rings is 1. The van der Waals surface area contributed by atoms with Crippen molar-refractivity contribution in [3.8, 4) is 11.5 Å². The van der Waals surface area contributed by atoms with Crippen LogP contribution in [0.4, 0.5) is 0 Å². The van der Waals surface area contributed by atoms with E-state index in [1.165, 1.54) is 30.8 Å². The minimum atomic E-state index is 0.255. The van der Waals surface area contributed by atoms with Gasteiger partial charge in [0.05, 0.1) is 6.04 Å². The van der Waals surface area contributed by atoms with Crippen molar-refractivity contribution in [3.63, 3.8) is 0 Å². The summed E-state index contributed by atoms with van der Waals surface area (Å²) in [4.78, 5) is 11.2. The molecule has 2 aromatic heterocycles. The van der Waals surface area contributed by atoms with Crippen molar-refractivity contribution in [1.29, 1.82) is 0 Å². The lowest BCUT2D eigenvalue weighted by molar-refractivity contribution is 0.106. The van der Waals surface area contributed by atoms with Crippen molar-refractivity contribution in [3.05, 3.63) is 58.5 Å². The van der Waals surface area contributed by atoms with Gasteiger partial charge in [0, 0.05) is 23.5 Å². The van der Waals surface area contributed by atoms with E-state index >= 15 is 0 Å². The third kappa shape index (κ3) is 3.52. The van der Waals surface area contributed by atoms with E-state index in [1.54, 1.807) is 0 Å². The standard InChI is InChI=1S/C22H26N4OS/c1-25-16-22(9-11-26(12-10-22)15-18-8-5-13-28-18)14-19(25)20-23-21(27-24-20)17-6-3-2-4-7-17/h2-8,13,19H,9-12,14-16H2,1H3. The van der Waals surface area contributed by atoms with Crippen molar-refractivity contribution >= 4 is 11.3 Å². The predicted molar refractivity (Wildman–Crippen MR) is 111 cm³/mol. The minimum absolute atomic E-state index is 0.255. The summed E-state index contributed by atoms with van der Waals surface area (Å²) in [7, 11) is 2.20.